The van der Waals surface area contributed by atoms with E-state index in [-0.39, 0.29) is 18.3 Å². The lowest BCUT2D eigenvalue weighted by Crippen LogP contribution is -2.15. The summed E-state index contributed by atoms with van der Waals surface area (Å²) in [5.74, 6) is -0.328. The van der Waals surface area contributed by atoms with Gasteiger partial charge in [-0.05, 0) is 58.0 Å². The monoisotopic (exact) mass is 328 g/mol. The van der Waals surface area contributed by atoms with Crippen LogP contribution in [0.25, 0.3) is 0 Å². The molecule has 24 heavy (non-hydrogen) atoms. The topological polar surface area (TPSA) is 60.3 Å². The zero-order valence-electron chi connectivity index (χ0n) is 14.8. The largest absolute Gasteiger partial charge is 0.465 e. The van der Waals surface area contributed by atoms with Crippen molar-refractivity contribution in [3.05, 3.63) is 52.8 Å². The van der Waals surface area contributed by atoms with E-state index in [4.69, 9.17) is 0 Å². The SMILES string of the molecule is COC(=O)c1ccc(NCC(=O)c2cc(C)n(C(C)C)c2C)cc1. The van der Waals surface area contributed by atoms with Gasteiger partial charge in [-0.1, -0.05) is 0 Å². The van der Waals surface area contributed by atoms with Gasteiger partial charge < -0.3 is 14.6 Å². The Hall–Kier alpha value is -2.56. The first-order valence-electron chi connectivity index (χ1n) is 7.99. The molecule has 1 N–H and O–H groups in total. The number of nitrogens with zero attached hydrogens (tertiary/aromatic N) is 1. The molecule has 2 aromatic rings. The van der Waals surface area contributed by atoms with Crippen LogP contribution in [0.5, 0.6) is 0 Å². The molecule has 0 radical (unpaired) electrons. The molecule has 0 aliphatic heterocycles. The van der Waals surface area contributed by atoms with Crippen LogP contribution in [0.15, 0.2) is 30.3 Å². The van der Waals surface area contributed by atoms with Gasteiger partial charge in [0.15, 0.2) is 5.78 Å². The first-order valence-corrected chi connectivity index (χ1v) is 7.99. The van der Waals surface area contributed by atoms with Crippen LogP contribution in [-0.4, -0.2) is 30.0 Å². The van der Waals surface area contributed by atoms with Gasteiger partial charge in [0.05, 0.1) is 19.2 Å². The van der Waals surface area contributed by atoms with Crippen LogP contribution in [-0.2, 0) is 4.74 Å². The number of hydrogen-bond donors (Lipinski definition) is 1. The van der Waals surface area contributed by atoms with E-state index in [2.05, 4.69) is 28.5 Å². The molecule has 0 fully saturated rings. The van der Waals surface area contributed by atoms with Gasteiger partial charge in [-0.3, -0.25) is 4.79 Å². The molecule has 128 valence electrons. The molecule has 0 aliphatic carbocycles. The Balaban J connectivity index is 2.06. The average Bonchev–Trinajstić information content (AvgIpc) is 2.87. The molecule has 0 saturated carbocycles. The number of Topliss-reactive ketones (excluding diaryl/α,β-unsaturated/α-hetero) is 1. The highest BCUT2D eigenvalue weighted by molar-refractivity contribution is 6.00. The van der Waals surface area contributed by atoms with E-state index in [9.17, 15) is 9.59 Å². The minimum atomic E-state index is -0.376. The number of esters is 1. The summed E-state index contributed by atoms with van der Waals surface area (Å²) >= 11 is 0. The third-order valence-corrected chi connectivity index (χ3v) is 4.06. The quantitative estimate of drug-likeness (QED) is 0.648. The van der Waals surface area contributed by atoms with Crippen molar-refractivity contribution in [1.29, 1.82) is 0 Å². The lowest BCUT2D eigenvalue weighted by Gasteiger charge is -2.13. The highest BCUT2D eigenvalue weighted by Crippen LogP contribution is 2.20. The fraction of sp³-hybridized carbons (Fsp3) is 0.368. The van der Waals surface area contributed by atoms with Crippen LogP contribution in [0.2, 0.25) is 0 Å². The maximum Gasteiger partial charge on any atom is 0.337 e. The van der Waals surface area contributed by atoms with Crippen molar-refractivity contribution < 1.29 is 14.3 Å². The Morgan fingerprint density at radius 3 is 2.29 bits per heavy atom. The summed E-state index contributed by atoms with van der Waals surface area (Å²) in [4.78, 5) is 23.9. The minimum Gasteiger partial charge on any atom is -0.465 e. The second kappa shape index (κ2) is 7.34. The standard InChI is InChI=1S/C19H24N2O3/c1-12(2)21-13(3)10-17(14(21)4)18(22)11-20-16-8-6-15(7-9-16)19(23)24-5/h6-10,12,20H,11H2,1-5H3. The van der Waals surface area contributed by atoms with E-state index in [1.807, 2.05) is 19.9 Å². The maximum atomic E-state index is 12.5. The van der Waals surface area contributed by atoms with Crippen LogP contribution < -0.4 is 5.32 Å². The Bertz CT molecular complexity index is 743. The van der Waals surface area contributed by atoms with E-state index in [1.165, 1.54) is 7.11 Å². The number of methoxy groups -OCH3 is 1. The molecule has 1 heterocycles. The molecular formula is C19H24N2O3. The number of nitrogens with one attached hydrogen (secondary N) is 1. The zero-order valence-corrected chi connectivity index (χ0v) is 14.8. The van der Waals surface area contributed by atoms with Crippen molar-refractivity contribution in [3.8, 4) is 0 Å². The molecule has 0 atom stereocenters. The number of rotatable bonds is 6. The van der Waals surface area contributed by atoms with E-state index in [0.717, 1.165) is 22.6 Å². The van der Waals surface area contributed by atoms with Crippen LogP contribution in [0.4, 0.5) is 5.69 Å². The molecule has 0 aliphatic rings. The molecular weight excluding hydrogens is 304 g/mol. The predicted octanol–water partition coefficient (Wildman–Crippen LogP) is 3.77. The van der Waals surface area contributed by atoms with Crippen molar-refractivity contribution in [2.45, 2.75) is 33.7 Å². The second-order valence-corrected chi connectivity index (χ2v) is 6.09. The van der Waals surface area contributed by atoms with Crippen LogP contribution in [0.3, 0.4) is 0 Å². The van der Waals surface area contributed by atoms with E-state index in [0.29, 0.717) is 11.6 Å². The van der Waals surface area contributed by atoms with Gasteiger partial charge in [-0.25, -0.2) is 4.79 Å². The number of aryl methyl sites for hydroxylation is 1. The maximum absolute atomic E-state index is 12.5. The van der Waals surface area contributed by atoms with Crippen molar-refractivity contribution in [3.63, 3.8) is 0 Å². The zero-order chi connectivity index (χ0) is 17.9. The highest BCUT2D eigenvalue weighted by Gasteiger charge is 2.16. The molecule has 1 aromatic heterocycles. The summed E-state index contributed by atoms with van der Waals surface area (Å²) in [7, 11) is 1.35. The molecule has 0 saturated heterocycles. The number of carbonyl (C=O) groups is 2. The van der Waals surface area contributed by atoms with Gasteiger partial charge in [0.25, 0.3) is 0 Å². The summed E-state index contributed by atoms with van der Waals surface area (Å²) < 4.78 is 6.83. The number of hydrogen-bond acceptors (Lipinski definition) is 4. The molecule has 1 aromatic carbocycles. The third-order valence-electron chi connectivity index (χ3n) is 4.06. The summed E-state index contributed by atoms with van der Waals surface area (Å²) in [5.41, 5.74) is 4.10. The average molecular weight is 328 g/mol. The lowest BCUT2D eigenvalue weighted by atomic mass is 10.1. The Kier molecular flexibility index (Phi) is 5.44. The third kappa shape index (κ3) is 3.67. The molecule has 5 heteroatoms. The Morgan fingerprint density at radius 1 is 1.17 bits per heavy atom. The summed E-state index contributed by atoms with van der Waals surface area (Å²) in [5, 5.41) is 3.10. The fourth-order valence-electron chi connectivity index (χ4n) is 2.97. The Morgan fingerprint density at radius 2 is 1.79 bits per heavy atom. The summed E-state index contributed by atoms with van der Waals surface area (Å²) in [6.45, 7) is 8.42. The molecule has 0 unspecified atom stereocenters. The normalized spacial score (nSPS) is 10.8. The highest BCUT2D eigenvalue weighted by atomic mass is 16.5. The van der Waals surface area contributed by atoms with Gasteiger partial charge in [0.2, 0.25) is 0 Å². The van der Waals surface area contributed by atoms with E-state index in [1.54, 1.807) is 24.3 Å². The first kappa shape index (κ1) is 17.8. The van der Waals surface area contributed by atoms with Gasteiger partial charge >= 0.3 is 5.97 Å². The molecule has 5 nitrogen and oxygen atoms in total. The smallest absolute Gasteiger partial charge is 0.337 e. The van der Waals surface area contributed by atoms with E-state index < -0.39 is 0 Å². The lowest BCUT2D eigenvalue weighted by molar-refractivity contribution is 0.0600. The van der Waals surface area contributed by atoms with Crippen LogP contribution in [0.1, 0.15) is 52.0 Å². The second-order valence-electron chi connectivity index (χ2n) is 6.09. The fourth-order valence-corrected chi connectivity index (χ4v) is 2.97. The molecule has 2 rings (SSSR count). The molecule has 0 amide bonds. The number of aromatic nitrogens is 1. The number of carbonyl (C=O) groups excluding carboxylic acids is 2. The molecule has 0 spiro atoms. The number of ketones is 1. The minimum absolute atomic E-state index is 0.0482. The summed E-state index contributed by atoms with van der Waals surface area (Å²) in [6.07, 6.45) is 0. The van der Waals surface area contributed by atoms with Crippen LogP contribution in [0, 0.1) is 13.8 Å². The Labute approximate surface area is 142 Å². The van der Waals surface area contributed by atoms with Gasteiger partial charge in [0, 0.05) is 28.7 Å². The molecule has 0 bridgehead atoms. The number of anilines is 1. The number of ether oxygens (including phenoxy) is 1. The van der Waals surface area contributed by atoms with Gasteiger partial charge in [-0.2, -0.15) is 0 Å². The van der Waals surface area contributed by atoms with Gasteiger partial charge in [0.1, 0.15) is 0 Å². The predicted molar refractivity (Wildman–Crippen MR) is 94.9 cm³/mol. The number of benzene rings is 1. The van der Waals surface area contributed by atoms with Crippen molar-refractivity contribution in [1.82, 2.24) is 4.57 Å². The van der Waals surface area contributed by atoms with Crippen molar-refractivity contribution in [2.75, 3.05) is 19.0 Å². The van der Waals surface area contributed by atoms with Crippen LogP contribution >= 0.6 is 0 Å². The van der Waals surface area contributed by atoms with E-state index >= 15 is 0 Å². The summed E-state index contributed by atoms with van der Waals surface area (Å²) in [6, 6.07) is 9.13. The first-order chi connectivity index (χ1) is 11.3. The van der Waals surface area contributed by atoms with Gasteiger partial charge in [-0.15, -0.1) is 0 Å². The van der Waals surface area contributed by atoms with Crippen molar-refractivity contribution >= 4 is 17.4 Å². The van der Waals surface area contributed by atoms with Crippen molar-refractivity contribution in [2.24, 2.45) is 0 Å².